The first-order valence-corrected chi connectivity index (χ1v) is 7.74. The van der Waals surface area contributed by atoms with Gasteiger partial charge in [-0.15, -0.1) is 0 Å². The second kappa shape index (κ2) is 5.76. The quantitative estimate of drug-likeness (QED) is 0.871. The lowest BCUT2D eigenvalue weighted by molar-refractivity contribution is 0.178. The van der Waals surface area contributed by atoms with Gasteiger partial charge in [-0.1, -0.05) is 51.6 Å². The molecule has 0 radical (unpaired) electrons. The Morgan fingerprint density at radius 2 is 1.85 bits per heavy atom. The van der Waals surface area contributed by atoms with E-state index in [1.807, 2.05) is 13.8 Å². The van der Waals surface area contributed by atoms with Crippen molar-refractivity contribution in [1.29, 1.82) is 0 Å². The largest absolute Gasteiger partial charge is 0.329 e. The monoisotopic (exact) mass is 298 g/mol. The molecule has 4 nitrogen and oxygen atoms in total. The van der Waals surface area contributed by atoms with Gasteiger partial charge >= 0.3 is 5.69 Å². The van der Waals surface area contributed by atoms with Crippen LogP contribution in [0.3, 0.4) is 0 Å². The van der Waals surface area contributed by atoms with Crippen molar-refractivity contribution in [2.45, 2.75) is 65.3 Å². The first kappa shape index (κ1) is 15.4. The van der Waals surface area contributed by atoms with Crippen LogP contribution < -0.4 is 11.2 Å². The molecule has 1 aromatic rings. The van der Waals surface area contributed by atoms with Crippen molar-refractivity contribution in [1.82, 2.24) is 9.55 Å². The summed E-state index contributed by atoms with van der Waals surface area (Å²) in [5.74, 6) is -0.00254. The zero-order chi connectivity index (χ0) is 14.9. The molecular formula is C15H23ClN2O2. The highest BCUT2D eigenvalue weighted by molar-refractivity contribution is 6.30. The maximum absolute atomic E-state index is 12.5. The van der Waals surface area contributed by atoms with Crippen molar-refractivity contribution in [2.24, 2.45) is 5.41 Å². The normalized spacial score (nSPS) is 18.4. The minimum Gasteiger partial charge on any atom is -0.297 e. The molecule has 1 aliphatic carbocycles. The molecule has 1 saturated carbocycles. The Balaban J connectivity index is 2.44. The smallest absolute Gasteiger partial charge is 0.297 e. The lowest BCUT2D eigenvalue weighted by Gasteiger charge is -2.33. The number of H-pyrrole nitrogens is 1. The molecule has 0 amide bonds. The minimum absolute atomic E-state index is 0.00254. The third-order valence-corrected chi connectivity index (χ3v) is 4.65. The molecule has 0 atom stereocenters. The number of nitrogens with zero attached hydrogens (tertiary/aromatic N) is 1. The van der Waals surface area contributed by atoms with Gasteiger partial charge in [-0.05, 0) is 24.2 Å². The van der Waals surface area contributed by atoms with E-state index in [4.69, 9.17) is 11.6 Å². The number of halogens is 1. The highest BCUT2D eigenvalue weighted by Crippen LogP contribution is 2.36. The van der Waals surface area contributed by atoms with Gasteiger partial charge < -0.3 is 0 Å². The van der Waals surface area contributed by atoms with Gasteiger partial charge in [0.05, 0.1) is 5.56 Å². The van der Waals surface area contributed by atoms with Gasteiger partial charge in [0.25, 0.3) is 5.56 Å². The van der Waals surface area contributed by atoms with Gasteiger partial charge in [0.15, 0.2) is 0 Å². The molecule has 1 heterocycles. The van der Waals surface area contributed by atoms with Gasteiger partial charge in [0.2, 0.25) is 0 Å². The maximum atomic E-state index is 12.5. The molecule has 20 heavy (non-hydrogen) atoms. The fraction of sp³-hybridized carbons (Fsp3) is 0.733. The number of hydrogen-bond donors (Lipinski definition) is 1. The molecule has 0 aliphatic heterocycles. The lowest BCUT2D eigenvalue weighted by Crippen LogP contribution is -2.42. The van der Waals surface area contributed by atoms with Crippen LogP contribution in [0, 0.1) is 5.41 Å². The molecule has 1 aliphatic rings. The van der Waals surface area contributed by atoms with Gasteiger partial charge in [0.1, 0.15) is 5.15 Å². The Kier molecular flexibility index (Phi) is 4.43. The van der Waals surface area contributed by atoms with E-state index in [1.165, 1.54) is 23.8 Å². The van der Waals surface area contributed by atoms with Gasteiger partial charge in [-0.25, -0.2) is 4.79 Å². The average Bonchev–Trinajstić information content (AvgIpc) is 2.34. The van der Waals surface area contributed by atoms with Crippen LogP contribution in [-0.2, 0) is 6.54 Å². The molecule has 2 rings (SSSR count). The predicted octanol–water partition coefficient (Wildman–Crippen LogP) is 3.28. The van der Waals surface area contributed by atoms with E-state index in [-0.39, 0.29) is 22.0 Å². The first-order chi connectivity index (χ1) is 9.34. The van der Waals surface area contributed by atoms with Crippen molar-refractivity contribution in [2.75, 3.05) is 0 Å². The molecule has 1 fully saturated rings. The highest BCUT2D eigenvalue weighted by Gasteiger charge is 2.29. The summed E-state index contributed by atoms with van der Waals surface area (Å²) in [4.78, 5) is 27.2. The van der Waals surface area contributed by atoms with E-state index in [0.29, 0.717) is 12.1 Å². The second-order valence-electron chi connectivity index (χ2n) is 6.58. The van der Waals surface area contributed by atoms with Crippen molar-refractivity contribution >= 4 is 11.6 Å². The van der Waals surface area contributed by atoms with Crippen molar-refractivity contribution in [3.63, 3.8) is 0 Å². The van der Waals surface area contributed by atoms with E-state index >= 15 is 0 Å². The number of hydrogen-bond acceptors (Lipinski definition) is 2. The number of aromatic amines is 1. The SMILES string of the molecule is CC(C)c1c(Cl)[nH]c(=O)n(CC2(C)CCCCC2)c1=O. The Morgan fingerprint density at radius 1 is 1.25 bits per heavy atom. The summed E-state index contributed by atoms with van der Waals surface area (Å²) in [7, 11) is 0. The standard InChI is InChI=1S/C15H23ClN2O2/c1-10(2)11-12(16)17-14(20)18(13(11)19)9-15(3)7-5-4-6-8-15/h10H,4-9H2,1-3H3,(H,17,20). The van der Waals surface area contributed by atoms with Crippen LogP contribution in [0.15, 0.2) is 9.59 Å². The lowest BCUT2D eigenvalue weighted by atomic mass is 9.75. The molecular weight excluding hydrogens is 276 g/mol. The summed E-state index contributed by atoms with van der Waals surface area (Å²) in [5.41, 5.74) is -0.0839. The summed E-state index contributed by atoms with van der Waals surface area (Å²) >= 11 is 6.01. The average molecular weight is 299 g/mol. The molecule has 1 aromatic heterocycles. The minimum atomic E-state index is -0.392. The number of aromatic nitrogens is 2. The van der Waals surface area contributed by atoms with E-state index in [1.54, 1.807) is 0 Å². The van der Waals surface area contributed by atoms with Crippen LogP contribution in [0.5, 0.6) is 0 Å². The van der Waals surface area contributed by atoms with Crippen LogP contribution in [0.4, 0.5) is 0 Å². The Hall–Kier alpha value is -1.03. The summed E-state index contributed by atoms with van der Waals surface area (Å²) in [6.07, 6.45) is 5.73. The predicted molar refractivity (Wildman–Crippen MR) is 81.6 cm³/mol. The van der Waals surface area contributed by atoms with Gasteiger partial charge in [-0.2, -0.15) is 0 Å². The fourth-order valence-electron chi connectivity index (χ4n) is 3.15. The van der Waals surface area contributed by atoms with E-state index in [9.17, 15) is 9.59 Å². The molecule has 112 valence electrons. The summed E-state index contributed by atoms with van der Waals surface area (Å²) in [6, 6.07) is 0. The third-order valence-electron chi connectivity index (χ3n) is 4.35. The Bertz CT molecular complexity index is 595. The summed E-state index contributed by atoms with van der Waals surface area (Å²) in [6.45, 7) is 6.47. The first-order valence-electron chi connectivity index (χ1n) is 7.36. The van der Waals surface area contributed by atoms with Gasteiger partial charge in [-0.3, -0.25) is 14.3 Å². The molecule has 0 unspecified atom stereocenters. The zero-order valence-corrected chi connectivity index (χ0v) is 13.2. The van der Waals surface area contributed by atoms with E-state index in [0.717, 1.165) is 12.8 Å². The Morgan fingerprint density at radius 3 is 2.40 bits per heavy atom. The molecule has 0 spiro atoms. The fourth-order valence-corrected chi connectivity index (χ4v) is 3.53. The van der Waals surface area contributed by atoms with E-state index < -0.39 is 5.69 Å². The zero-order valence-electron chi connectivity index (χ0n) is 12.5. The van der Waals surface area contributed by atoms with Crippen LogP contribution >= 0.6 is 11.6 Å². The number of rotatable bonds is 3. The molecule has 5 heteroatoms. The maximum Gasteiger partial charge on any atom is 0.329 e. The van der Waals surface area contributed by atoms with Crippen LogP contribution in [0.2, 0.25) is 5.15 Å². The van der Waals surface area contributed by atoms with Crippen molar-refractivity contribution in [3.05, 3.63) is 31.6 Å². The Labute approximate surface area is 124 Å². The molecule has 0 aromatic carbocycles. The van der Waals surface area contributed by atoms with Gasteiger partial charge in [0, 0.05) is 6.54 Å². The molecule has 0 saturated heterocycles. The summed E-state index contributed by atoms with van der Waals surface area (Å²) in [5, 5.41) is 0.181. The van der Waals surface area contributed by atoms with E-state index in [2.05, 4.69) is 11.9 Å². The second-order valence-corrected chi connectivity index (χ2v) is 6.95. The molecule has 0 bridgehead atoms. The summed E-state index contributed by atoms with van der Waals surface area (Å²) < 4.78 is 1.34. The third kappa shape index (κ3) is 3.00. The van der Waals surface area contributed by atoms with Crippen molar-refractivity contribution in [3.8, 4) is 0 Å². The van der Waals surface area contributed by atoms with Crippen molar-refractivity contribution < 1.29 is 0 Å². The van der Waals surface area contributed by atoms with Crippen LogP contribution in [0.25, 0.3) is 0 Å². The molecule has 1 N–H and O–H groups in total. The number of nitrogens with one attached hydrogen (secondary N) is 1. The topological polar surface area (TPSA) is 54.9 Å². The van der Waals surface area contributed by atoms with Crippen LogP contribution in [0.1, 0.15) is 64.4 Å². The van der Waals surface area contributed by atoms with Crippen LogP contribution in [-0.4, -0.2) is 9.55 Å². The highest BCUT2D eigenvalue weighted by atomic mass is 35.5.